The fraction of sp³-hybridized carbons (Fsp3) is 0.667. The smallest absolute Gasteiger partial charge is 0.329 e. The van der Waals surface area contributed by atoms with Crippen LogP contribution in [-0.4, -0.2) is 39.9 Å². The number of nitrogens with one attached hydrogen (secondary N) is 1. The summed E-state index contributed by atoms with van der Waals surface area (Å²) in [5.74, 6) is -0.214. The lowest BCUT2D eigenvalue weighted by Crippen LogP contribution is -2.51. The van der Waals surface area contributed by atoms with E-state index < -0.39 is 6.04 Å². The highest BCUT2D eigenvalue weighted by Gasteiger charge is 2.39. The Bertz CT molecular complexity index is 534. The van der Waals surface area contributed by atoms with Crippen molar-refractivity contribution in [3.8, 4) is 0 Å². The summed E-state index contributed by atoms with van der Waals surface area (Å²) >= 11 is 0. The number of esters is 1. The fourth-order valence-corrected chi connectivity index (χ4v) is 3.40. The highest BCUT2D eigenvalue weighted by atomic mass is 16.5. The molecular weight excluding hydrogens is 270 g/mol. The zero-order valence-electron chi connectivity index (χ0n) is 12.3. The molecule has 1 aromatic heterocycles. The average molecular weight is 291 g/mol. The molecule has 2 aliphatic rings. The van der Waals surface area contributed by atoms with Crippen molar-refractivity contribution in [3.05, 3.63) is 17.7 Å². The maximum atomic E-state index is 12.8. The number of ether oxygens (including phenoxy) is 1. The molecule has 1 saturated carbocycles. The summed E-state index contributed by atoms with van der Waals surface area (Å²) in [6.07, 6.45) is 7.31. The number of rotatable bonds is 2. The van der Waals surface area contributed by atoms with Gasteiger partial charge in [-0.3, -0.25) is 4.79 Å². The normalized spacial score (nSPS) is 22.7. The average Bonchev–Trinajstić information content (AvgIpc) is 3.00. The van der Waals surface area contributed by atoms with Gasteiger partial charge in [0.15, 0.2) is 0 Å². The second-order valence-corrected chi connectivity index (χ2v) is 5.87. The van der Waals surface area contributed by atoms with Crippen molar-refractivity contribution < 1.29 is 14.3 Å². The first-order valence-corrected chi connectivity index (χ1v) is 7.60. The molecule has 0 radical (unpaired) electrons. The van der Waals surface area contributed by atoms with Crippen molar-refractivity contribution in [2.75, 3.05) is 7.11 Å². The van der Waals surface area contributed by atoms with Gasteiger partial charge in [0, 0.05) is 12.3 Å². The minimum absolute atomic E-state index is 0.0513. The van der Waals surface area contributed by atoms with Gasteiger partial charge >= 0.3 is 5.97 Å². The summed E-state index contributed by atoms with van der Waals surface area (Å²) in [4.78, 5) is 33.8. The van der Waals surface area contributed by atoms with Crippen molar-refractivity contribution in [1.29, 1.82) is 0 Å². The maximum Gasteiger partial charge on any atom is 0.329 e. The van der Waals surface area contributed by atoms with Crippen LogP contribution in [0.4, 0.5) is 0 Å². The number of carbonyl (C=O) groups excluding carboxylic acids is 2. The predicted molar refractivity (Wildman–Crippen MR) is 75.2 cm³/mol. The Morgan fingerprint density at radius 1 is 1.33 bits per heavy atom. The first-order chi connectivity index (χ1) is 10.2. The van der Waals surface area contributed by atoms with Gasteiger partial charge in [0.1, 0.15) is 6.04 Å². The van der Waals surface area contributed by atoms with Crippen LogP contribution in [0.1, 0.15) is 43.5 Å². The first-order valence-electron chi connectivity index (χ1n) is 7.60. The van der Waals surface area contributed by atoms with Gasteiger partial charge in [-0.05, 0) is 12.8 Å². The van der Waals surface area contributed by atoms with Crippen LogP contribution in [0.2, 0.25) is 0 Å². The van der Waals surface area contributed by atoms with E-state index in [2.05, 4.69) is 9.97 Å². The minimum Gasteiger partial charge on any atom is -0.467 e. The Kier molecular flexibility index (Phi) is 3.94. The van der Waals surface area contributed by atoms with Gasteiger partial charge in [-0.15, -0.1) is 0 Å². The largest absolute Gasteiger partial charge is 0.467 e. The lowest BCUT2D eigenvalue weighted by Gasteiger charge is -2.36. The Morgan fingerprint density at radius 2 is 2.10 bits per heavy atom. The molecule has 21 heavy (non-hydrogen) atoms. The van der Waals surface area contributed by atoms with E-state index in [-0.39, 0.29) is 17.8 Å². The first kappa shape index (κ1) is 14.1. The third kappa shape index (κ3) is 2.66. The summed E-state index contributed by atoms with van der Waals surface area (Å²) in [5.41, 5.74) is 1.79. The van der Waals surface area contributed by atoms with Crippen LogP contribution in [0, 0.1) is 5.92 Å². The molecule has 1 N–H and O–H groups in total. The van der Waals surface area contributed by atoms with Crippen LogP contribution in [0.25, 0.3) is 0 Å². The number of amides is 1. The van der Waals surface area contributed by atoms with Gasteiger partial charge in [-0.1, -0.05) is 19.3 Å². The predicted octanol–water partition coefficient (Wildman–Crippen LogP) is 1.42. The van der Waals surface area contributed by atoms with Gasteiger partial charge in [0.2, 0.25) is 5.91 Å². The molecule has 6 nitrogen and oxygen atoms in total. The number of carbonyl (C=O) groups is 2. The maximum absolute atomic E-state index is 12.8. The molecule has 0 saturated heterocycles. The second-order valence-electron chi connectivity index (χ2n) is 5.87. The molecule has 1 unspecified atom stereocenters. The molecule has 1 aliphatic heterocycles. The molecule has 1 aliphatic carbocycles. The SMILES string of the molecule is COC(=O)C1Cc2nc[nH]c2CN1C(=O)C1CCCCC1. The standard InChI is InChI=1S/C15H21N3O3/c1-21-15(20)13-7-11-12(17-9-16-11)8-18(13)14(19)10-5-3-2-4-6-10/h9-10,13H,2-8H2,1H3,(H,16,17). The van der Waals surface area contributed by atoms with Gasteiger partial charge in [-0.25, -0.2) is 9.78 Å². The molecule has 0 spiro atoms. The number of nitrogens with zero attached hydrogens (tertiary/aromatic N) is 2. The van der Waals surface area contributed by atoms with Crippen molar-refractivity contribution >= 4 is 11.9 Å². The van der Waals surface area contributed by atoms with E-state index in [4.69, 9.17) is 4.74 Å². The number of aromatic nitrogens is 2. The summed E-state index contributed by atoms with van der Waals surface area (Å²) < 4.78 is 4.88. The third-order valence-electron chi connectivity index (χ3n) is 4.61. The van der Waals surface area contributed by atoms with Crippen molar-refractivity contribution in [2.45, 2.75) is 51.1 Å². The number of hydrogen-bond donors (Lipinski definition) is 1. The number of H-pyrrole nitrogens is 1. The Hall–Kier alpha value is -1.85. The summed E-state index contributed by atoms with van der Waals surface area (Å²) in [7, 11) is 1.37. The van der Waals surface area contributed by atoms with Crippen LogP contribution in [0.5, 0.6) is 0 Å². The van der Waals surface area contributed by atoms with Crippen molar-refractivity contribution in [2.24, 2.45) is 5.92 Å². The van der Waals surface area contributed by atoms with E-state index in [0.717, 1.165) is 37.1 Å². The Balaban J connectivity index is 1.83. The molecular formula is C15H21N3O3. The highest BCUT2D eigenvalue weighted by Crippen LogP contribution is 2.29. The van der Waals surface area contributed by atoms with E-state index in [0.29, 0.717) is 13.0 Å². The van der Waals surface area contributed by atoms with E-state index >= 15 is 0 Å². The summed E-state index contributed by atoms with van der Waals surface area (Å²) in [5, 5.41) is 0. The molecule has 114 valence electrons. The Morgan fingerprint density at radius 3 is 2.81 bits per heavy atom. The number of fused-ring (bicyclic) bond motifs is 1. The molecule has 0 bridgehead atoms. The molecule has 1 atom stereocenters. The van der Waals surface area contributed by atoms with Crippen LogP contribution in [0.15, 0.2) is 6.33 Å². The van der Waals surface area contributed by atoms with Crippen LogP contribution < -0.4 is 0 Å². The molecule has 1 fully saturated rings. The van der Waals surface area contributed by atoms with Gasteiger partial charge < -0.3 is 14.6 Å². The van der Waals surface area contributed by atoms with Gasteiger partial charge in [0.05, 0.1) is 31.4 Å². The van der Waals surface area contributed by atoms with Crippen LogP contribution in [-0.2, 0) is 27.3 Å². The van der Waals surface area contributed by atoms with E-state index in [1.54, 1.807) is 11.2 Å². The topological polar surface area (TPSA) is 75.3 Å². The monoisotopic (exact) mass is 291 g/mol. The van der Waals surface area contributed by atoms with Crippen LogP contribution >= 0.6 is 0 Å². The molecule has 1 aromatic rings. The van der Waals surface area contributed by atoms with Crippen LogP contribution in [0.3, 0.4) is 0 Å². The van der Waals surface area contributed by atoms with Gasteiger partial charge in [0.25, 0.3) is 0 Å². The van der Waals surface area contributed by atoms with Crippen molar-refractivity contribution in [1.82, 2.24) is 14.9 Å². The fourth-order valence-electron chi connectivity index (χ4n) is 3.40. The minimum atomic E-state index is -0.541. The molecule has 6 heteroatoms. The van der Waals surface area contributed by atoms with E-state index in [1.165, 1.54) is 13.5 Å². The summed E-state index contributed by atoms with van der Waals surface area (Å²) in [6, 6.07) is -0.541. The summed E-state index contributed by atoms with van der Waals surface area (Å²) in [6.45, 7) is 0.421. The van der Waals surface area contributed by atoms with Crippen molar-refractivity contribution in [3.63, 3.8) is 0 Å². The molecule has 3 rings (SSSR count). The zero-order valence-corrected chi connectivity index (χ0v) is 12.3. The molecule has 1 amide bonds. The highest BCUT2D eigenvalue weighted by molar-refractivity contribution is 5.86. The molecule has 0 aromatic carbocycles. The zero-order chi connectivity index (χ0) is 14.8. The lowest BCUT2D eigenvalue weighted by molar-refractivity contribution is -0.156. The Labute approximate surface area is 123 Å². The number of aromatic amines is 1. The third-order valence-corrected chi connectivity index (χ3v) is 4.61. The molecule has 2 heterocycles. The number of hydrogen-bond acceptors (Lipinski definition) is 4. The lowest BCUT2D eigenvalue weighted by atomic mass is 9.87. The van der Waals surface area contributed by atoms with Gasteiger partial charge in [-0.2, -0.15) is 0 Å². The number of methoxy groups -OCH3 is 1. The second kappa shape index (κ2) is 5.87. The number of imidazole rings is 1. The van der Waals surface area contributed by atoms with E-state index in [1.807, 2.05) is 0 Å². The quantitative estimate of drug-likeness (QED) is 0.836. The van der Waals surface area contributed by atoms with E-state index in [9.17, 15) is 9.59 Å².